The summed E-state index contributed by atoms with van der Waals surface area (Å²) in [5.74, 6) is -0.207. The highest BCUT2D eigenvalue weighted by atomic mass is 32.2. The summed E-state index contributed by atoms with van der Waals surface area (Å²) >= 11 is 1.63. The van der Waals surface area contributed by atoms with E-state index in [1.54, 1.807) is 34.9 Å². The molecule has 5 nitrogen and oxygen atoms in total. The van der Waals surface area contributed by atoms with Crippen molar-refractivity contribution < 1.29 is 9.72 Å². The largest absolute Gasteiger partial charge is 0.275 e. The first-order valence-electron chi connectivity index (χ1n) is 8.26. The Kier molecular flexibility index (Phi) is 4.48. The van der Waals surface area contributed by atoms with Gasteiger partial charge in [0.15, 0.2) is 0 Å². The second kappa shape index (κ2) is 7.09. The fraction of sp³-hybridized carbons (Fsp3) is 0. The van der Waals surface area contributed by atoms with Gasteiger partial charge in [0, 0.05) is 28.0 Å². The third-order valence-corrected chi connectivity index (χ3v) is 5.28. The van der Waals surface area contributed by atoms with E-state index < -0.39 is 4.92 Å². The highest BCUT2D eigenvalue weighted by molar-refractivity contribution is 7.99. The third kappa shape index (κ3) is 3.35. The Morgan fingerprint density at radius 1 is 0.926 bits per heavy atom. The van der Waals surface area contributed by atoms with Crippen LogP contribution in [-0.2, 0) is 4.79 Å². The Bertz CT molecular complexity index is 1030. The number of amides is 1. The monoisotopic (exact) mass is 374 g/mol. The molecular formula is C21H14N2O3S. The molecule has 1 heterocycles. The minimum atomic E-state index is -0.451. The summed E-state index contributed by atoms with van der Waals surface area (Å²) < 4.78 is 0. The zero-order valence-corrected chi connectivity index (χ0v) is 14.9. The van der Waals surface area contributed by atoms with Crippen molar-refractivity contribution >= 4 is 40.8 Å². The standard InChI is InChI=1S/C21H14N2O3S/c24-21(13-12-15-6-5-7-16(14-15)23(25)26)22-17-8-1-3-10-19(17)27-20-11-4-2-9-18(20)22/h1-14H/b13-12+. The van der Waals surface area contributed by atoms with Crippen LogP contribution < -0.4 is 4.90 Å². The maximum atomic E-state index is 13.0. The number of non-ortho nitro benzene ring substituents is 1. The SMILES string of the molecule is O=C(/C=C/c1cccc([N+](=O)[O-])c1)N1c2ccccc2Sc2ccccc21. The molecule has 132 valence electrons. The molecule has 0 fully saturated rings. The fourth-order valence-corrected chi connectivity index (χ4v) is 3.98. The van der Waals surface area contributed by atoms with E-state index in [4.69, 9.17) is 0 Å². The van der Waals surface area contributed by atoms with Gasteiger partial charge in [-0.2, -0.15) is 0 Å². The Morgan fingerprint density at radius 2 is 1.56 bits per heavy atom. The number of fused-ring (bicyclic) bond motifs is 2. The number of rotatable bonds is 3. The smallest absolute Gasteiger partial charge is 0.270 e. The predicted molar refractivity (Wildman–Crippen MR) is 106 cm³/mol. The topological polar surface area (TPSA) is 63.4 Å². The van der Waals surface area contributed by atoms with Crippen LogP contribution in [-0.4, -0.2) is 10.8 Å². The minimum absolute atomic E-state index is 0.00494. The van der Waals surface area contributed by atoms with Crippen LogP contribution >= 0.6 is 11.8 Å². The molecular weight excluding hydrogens is 360 g/mol. The van der Waals surface area contributed by atoms with Crippen LogP contribution in [0.2, 0.25) is 0 Å². The van der Waals surface area contributed by atoms with Gasteiger partial charge in [-0.25, -0.2) is 0 Å². The summed E-state index contributed by atoms with van der Waals surface area (Å²) in [4.78, 5) is 27.2. The van der Waals surface area contributed by atoms with Gasteiger partial charge in [-0.15, -0.1) is 0 Å². The van der Waals surface area contributed by atoms with Crippen LogP contribution in [0, 0.1) is 10.1 Å². The lowest BCUT2D eigenvalue weighted by atomic mass is 10.1. The zero-order chi connectivity index (χ0) is 18.8. The average molecular weight is 374 g/mol. The van der Waals surface area contributed by atoms with Crippen LogP contribution in [0.15, 0.2) is 88.7 Å². The molecule has 0 saturated carbocycles. The average Bonchev–Trinajstić information content (AvgIpc) is 2.70. The first-order chi connectivity index (χ1) is 13.1. The summed E-state index contributed by atoms with van der Waals surface area (Å²) in [7, 11) is 0. The van der Waals surface area contributed by atoms with Crippen LogP contribution in [0.5, 0.6) is 0 Å². The maximum Gasteiger partial charge on any atom is 0.270 e. The van der Waals surface area contributed by atoms with Crippen molar-refractivity contribution in [1.82, 2.24) is 0 Å². The van der Waals surface area contributed by atoms with E-state index in [1.807, 2.05) is 48.5 Å². The molecule has 0 aromatic heterocycles. The molecule has 3 aromatic rings. The minimum Gasteiger partial charge on any atom is -0.275 e. The lowest BCUT2D eigenvalue weighted by Crippen LogP contribution is -2.26. The first kappa shape index (κ1) is 17.1. The summed E-state index contributed by atoms with van der Waals surface area (Å²) in [6.45, 7) is 0. The Morgan fingerprint density at radius 3 is 2.19 bits per heavy atom. The number of benzene rings is 3. The van der Waals surface area contributed by atoms with E-state index in [9.17, 15) is 14.9 Å². The van der Waals surface area contributed by atoms with Crippen molar-refractivity contribution in [3.05, 3.63) is 94.6 Å². The maximum absolute atomic E-state index is 13.0. The van der Waals surface area contributed by atoms with Crippen LogP contribution in [0.4, 0.5) is 17.1 Å². The second-order valence-electron chi connectivity index (χ2n) is 5.90. The van der Waals surface area contributed by atoms with E-state index in [0.717, 1.165) is 21.2 Å². The molecule has 0 unspecified atom stereocenters. The number of carbonyl (C=O) groups excluding carboxylic acids is 1. The Hall–Kier alpha value is -3.38. The zero-order valence-electron chi connectivity index (χ0n) is 14.1. The van der Waals surface area contributed by atoms with E-state index in [0.29, 0.717) is 5.56 Å². The number of carbonyl (C=O) groups is 1. The molecule has 27 heavy (non-hydrogen) atoms. The molecule has 0 bridgehead atoms. The molecule has 0 N–H and O–H groups in total. The van der Waals surface area contributed by atoms with Gasteiger partial charge in [-0.1, -0.05) is 48.2 Å². The molecule has 0 radical (unpaired) electrons. The van der Waals surface area contributed by atoms with Crippen LogP contribution in [0.1, 0.15) is 5.56 Å². The van der Waals surface area contributed by atoms with Crippen molar-refractivity contribution in [2.75, 3.05) is 4.90 Å². The lowest BCUT2D eigenvalue weighted by molar-refractivity contribution is -0.384. The van der Waals surface area contributed by atoms with Crippen LogP contribution in [0.25, 0.3) is 6.08 Å². The van der Waals surface area contributed by atoms with Gasteiger partial charge in [-0.3, -0.25) is 19.8 Å². The van der Waals surface area contributed by atoms with Crippen molar-refractivity contribution in [2.24, 2.45) is 0 Å². The Labute approximate surface area is 160 Å². The van der Waals surface area contributed by atoms with E-state index in [-0.39, 0.29) is 11.6 Å². The Balaban J connectivity index is 1.70. The summed E-state index contributed by atoms with van der Waals surface area (Å²) in [5.41, 5.74) is 2.25. The number of hydrogen-bond acceptors (Lipinski definition) is 4. The number of hydrogen-bond donors (Lipinski definition) is 0. The number of nitrogens with zero attached hydrogens (tertiary/aromatic N) is 2. The highest BCUT2D eigenvalue weighted by Crippen LogP contribution is 2.47. The number of para-hydroxylation sites is 2. The lowest BCUT2D eigenvalue weighted by Gasteiger charge is -2.30. The van der Waals surface area contributed by atoms with Crippen molar-refractivity contribution in [3.63, 3.8) is 0 Å². The quantitative estimate of drug-likeness (QED) is 0.348. The summed E-state index contributed by atoms with van der Waals surface area (Å²) in [6, 6.07) is 21.7. The predicted octanol–water partition coefficient (Wildman–Crippen LogP) is 5.44. The number of anilines is 2. The van der Waals surface area contributed by atoms with Gasteiger partial charge in [0.1, 0.15) is 0 Å². The fourth-order valence-electron chi connectivity index (χ4n) is 2.93. The van der Waals surface area contributed by atoms with Gasteiger partial charge >= 0.3 is 0 Å². The van der Waals surface area contributed by atoms with Gasteiger partial charge < -0.3 is 0 Å². The van der Waals surface area contributed by atoms with Gasteiger partial charge in [0.2, 0.25) is 0 Å². The normalized spacial score (nSPS) is 12.5. The third-order valence-electron chi connectivity index (χ3n) is 4.15. The molecule has 1 aliphatic rings. The molecule has 0 atom stereocenters. The molecule has 0 saturated heterocycles. The first-order valence-corrected chi connectivity index (χ1v) is 9.08. The van der Waals surface area contributed by atoms with Crippen molar-refractivity contribution in [3.8, 4) is 0 Å². The molecule has 4 rings (SSSR count). The van der Waals surface area contributed by atoms with Crippen LogP contribution in [0.3, 0.4) is 0 Å². The molecule has 1 aliphatic heterocycles. The molecule has 0 aliphatic carbocycles. The van der Waals surface area contributed by atoms with Crippen molar-refractivity contribution in [2.45, 2.75) is 9.79 Å². The van der Waals surface area contributed by atoms with Gasteiger partial charge in [0.25, 0.3) is 11.6 Å². The van der Waals surface area contributed by atoms with E-state index in [2.05, 4.69) is 0 Å². The summed E-state index contributed by atoms with van der Waals surface area (Å²) in [5, 5.41) is 10.9. The molecule has 6 heteroatoms. The molecule has 0 spiro atoms. The number of nitro groups is 1. The van der Waals surface area contributed by atoms with E-state index >= 15 is 0 Å². The number of nitro benzene ring substituents is 1. The highest BCUT2D eigenvalue weighted by Gasteiger charge is 2.26. The van der Waals surface area contributed by atoms with Crippen molar-refractivity contribution in [1.29, 1.82) is 0 Å². The van der Waals surface area contributed by atoms with Gasteiger partial charge in [0.05, 0.1) is 16.3 Å². The summed E-state index contributed by atoms with van der Waals surface area (Å²) in [6.07, 6.45) is 3.05. The second-order valence-corrected chi connectivity index (χ2v) is 6.98. The van der Waals surface area contributed by atoms with E-state index in [1.165, 1.54) is 18.2 Å². The van der Waals surface area contributed by atoms with Gasteiger partial charge in [-0.05, 0) is 35.9 Å². The molecule has 1 amide bonds. The molecule has 3 aromatic carbocycles.